The van der Waals surface area contributed by atoms with Crippen molar-refractivity contribution in [1.29, 1.82) is 0 Å². The number of ether oxygens (including phenoxy) is 1. The van der Waals surface area contributed by atoms with E-state index >= 15 is 0 Å². The molecule has 2 rings (SSSR count). The number of methoxy groups -OCH3 is 1. The molecule has 0 spiro atoms. The van der Waals surface area contributed by atoms with E-state index in [-0.39, 0.29) is 11.4 Å². The lowest BCUT2D eigenvalue weighted by Crippen LogP contribution is -2.39. The largest absolute Gasteiger partial charge is 0.497 e. The summed E-state index contributed by atoms with van der Waals surface area (Å²) >= 11 is 0. The summed E-state index contributed by atoms with van der Waals surface area (Å²) in [5, 5.41) is 8.70. The van der Waals surface area contributed by atoms with Gasteiger partial charge in [0.05, 0.1) is 18.6 Å². The summed E-state index contributed by atoms with van der Waals surface area (Å²) in [5.41, 5.74) is 2.05. The SMILES string of the molecule is COc1ccc(S(=O)(=O)N(CC(=O)NO)Cc2cccnc2)cc1. The smallest absolute Gasteiger partial charge is 0.258 e. The van der Waals surface area contributed by atoms with Gasteiger partial charge in [-0.05, 0) is 35.9 Å². The van der Waals surface area contributed by atoms with Gasteiger partial charge in [0.2, 0.25) is 10.0 Å². The third-order valence-electron chi connectivity index (χ3n) is 3.22. The summed E-state index contributed by atoms with van der Waals surface area (Å²) in [6.45, 7) is -0.588. The Morgan fingerprint density at radius 2 is 2.00 bits per heavy atom. The molecule has 24 heavy (non-hydrogen) atoms. The number of pyridine rings is 1. The number of aromatic nitrogens is 1. The number of benzene rings is 1. The maximum absolute atomic E-state index is 12.8. The molecule has 0 aliphatic rings. The highest BCUT2D eigenvalue weighted by Gasteiger charge is 2.27. The van der Waals surface area contributed by atoms with Crippen LogP contribution in [0.4, 0.5) is 0 Å². The Balaban J connectivity index is 2.34. The number of nitrogens with zero attached hydrogens (tertiary/aromatic N) is 2. The lowest BCUT2D eigenvalue weighted by molar-refractivity contribution is -0.129. The molecule has 0 aliphatic heterocycles. The Hall–Kier alpha value is -2.49. The summed E-state index contributed by atoms with van der Waals surface area (Å²) in [6, 6.07) is 9.17. The van der Waals surface area contributed by atoms with E-state index in [2.05, 4.69) is 4.98 Å². The van der Waals surface area contributed by atoms with Crippen molar-refractivity contribution in [3.63, 3.8) is 0 Å². The van der Waals surface area contributed by atoms with Gasteiger partial charge in [-0.15, -0.1) is 0 Å². The highest BCUT2D eigenvalue weighted by atomic mass is 32.2. The van der Waals surface area contributed by atoms with E-state index in [1.807, 2.05) is 0 Å². The molecule has 2 aromatic rings. The number of amides is 1. The summed E-state index contributed by atoms with van der Waals surface area (Å²) in [5.74, 6) is -0.322. The van der Waals surface area contributed by atoms with E-state index in [0.29, 0.717) is 11.3 Å². The summed E-state index contributed by atoms with van der Waals surface area (Å²) in [6.07, 6.45) is 3.07. The van der Waals surface area contributed by atoms with E-state index < -0.39 is 22.5 Å². The molecule has 0 saturated heterocycles. The molecule has 8 nitrogen and oxygen atoms in total. The third-order valence-corrected chi connectivity index (χ3v) is 5.03. The number of hydrogen-bond donors (Lipinski definition) is 2. The molecule has 2 N–H and O–H groups in total. The topological polar surface area (TPSA) is 109 Å². The first-order valence-electron chi connectivity index (χ1n) is 6.93. The molecule has 1 aromatic carbocycles. The molecule has 0 saturated carbocycles. The highest BCUT2D eigenvalue weighted by Crippen LogP contribution is 2.21. The van der Waals surface area contributed by atoms with Crippen LogP contribution < -0.4 is 10.2 Å². The zero-order valence-electron chi connectivity index (χ0n) is 12.9. The Morgan fingerprint density at radius 1 is 1.29 bits per heavy atom. The molecule has 128 valence electrons. The fourth-order valence-corrected chi connectivity index (χ4v) is 3.40. The highest BCUT2D eigenvalue weighted by molar-refractivity contribution is 7.89. The van der Waals surface area contributed by atoms with Crippen molar-refractivity contribution in [2.75, 3.05) is 13.7 Å². The number of nitrogens with one attached hydrogen (secondary N) is 1. The first kappa shape index (κ1) is 17.9. The molecule has 0 unspecified atom stereocenters. The Bertz CT molecular complexity index is 779. The number of carbonyl (C=O) groups is 1. The average molecular weight is 351 g/mol. The number of sulfonamides is 1. The summed E-state index contributed by atoms with van der Waals surface area (Å²) in [7, 11) is -2.48. The van der Waals surface area contributed by atoms with Crippen LogP contribution in [0.5, 0.6) is 5.75 Å². The molecule has 1 aromatic heterocycles. The standard InChI is InChI=1S/C15H17N3O5S/c1-23-13-4-6-14(7-5-13)24(21,22)18(11-15(19)17-20)10-12-3-2-8-16-9-12/h2-9,20H,10-11H2,1H3,(H,17,19). The van der Waals surface area contributed by atoms with Gasteiger partial charge >= 0.3 is 0 Å². The van der Waals surface area contributed by atoms with E-state index in [4.69, 9.17) is 9.94 Å². The van der Waals surface area contributed by atoms with Crippen LogP contribution in [0.1, 0.15) is 5.56 Å². The first-order chi connectivity index (χ1) is 11.5. The molecule has 0 aliphatic carbocycles. The van der Waals surface area contributed by atoms with Gasteiger partial charge in [-0.1, -0.05) is 6.07 Å². The number of hydrogen-bond acceptors (Lipinski definition) is 6. The van der Waals surface area contributed by atoms with Crippen molar-refractivity contribution < 1.29 is 23.2 Å². The fraction of sp³-hybridized carbons (Fsp3) is 0.200. The van der Waals surface area contributed by atoms with E-state index in [1.54, 1.807) is 18.3 Å². The van der Waals surface area contributed by atoms with E-state index in [0.717, 1.165) is 4.31 Å². The van der Waals surface area contributed by atoms with Crippen molar-refractivity contribution in [3.8, 4) is 5.75 Å². The minimum Gasteiger partial charge on any atom is -0.497 e. The minimum atomic E-state index is -3.95. The molecule has 1 amide bonds. The lowest BCUT2D eigenvalue weighted by atomic mass is 10.3. The predicted octanol–water partition coefficient (Wildman–Crippen LogP) is 0.786. The Kier molecular flexibility index (Phi) is 5.85. The van der Waals surface area contributed by atoms with Crippen LogP contribution in [0.15, 0.2) is 53.7 Å². The zero-order chi connectivity index (χ0) is 17.6. The summed E-state index contributed by atoms with van der Waals surface area (Å²) in [4.78, 5) is 15.4. The van der Waals surface area contributed by atoms with Crippen LogP contribution in [-0.2, 0) is 21.4 Å². The maximum atomic E-state index is 12.8. The molecule has 0 bridgehead atoms. The number of rotatable bonds is 7. The van der Waals surface area contributed by atoms with Gasteiger partial charge < -0.3 is 4.74 Å². The van der Waals surface area contributed by atoms with Gasteiger partial charge in [0, 0.05) is 18.9 Å². The first-order valence-corrected chi connectivity index (χ1v) is 8.37. The lowest BCUT2D eigenvalue weighted by Gasteiger charge is -2.21. The van der Waals surface area contributed by atoms with Gasteiger partial charge in [-0.2, -0.15) is 4.31 Å². The van der Waals surface area contributed by atoms with Crippen LogP contribution >= 0.6 is 0 Å². The van der Waals surface area contributed by atoms with Crippen LogP contribution in [0.2, 0.25) is 0 Å². The van der Waals surface area contributed by atoms with Crippen LogP contribution in [0.25, 0.3) is 0 Å². The van der Waals surface area contributed by atoms with Crippen molar-refractivity contribution in [1.82, 2.24) is 14.8 Å². The van der Waals surface area contributed by atoms with Gasteiger partial charge in [-0.3, -0.25) is 15.0 Å². The van der Waals surface area contributed by atoms with Gasteiger partial charge in [0.15, 0.2) is 0 Å². The average Bonchev–Trinajstić information content (AvgIpc) is 2.62. The Labute approximate surface area is 139 Å². The third kappa shape index (κ3) is 4.28. The quantitative estimate of drug-likeness (QED) is 0.564. The van der Waals surface area contributed by atoms with Crippen molar-refractivity contribution in [2.45, 2.75) is 11.4 Å². The molecule has 0 radical (unpaired) electrons. The number of carbonyl (C=O) groups excluding carboxylic acids is 1. The second kappa shape index (κ2) is 7.86. The minimum absolute atomic E-state index is 0.0120. The number of hydroxylamine groups is 1. The van der Waals surface area contributed by atoms with Gasteiger partial charge in [0.1, 0.15) is 5.75 Å². The molecule has 0 atom stereocenters. The van der Waals surface area contributed by atoms with Crippen LogP contribution in [0, 0.1) is 0 Å². The summed E-state index contributed by atoms with van der Waals surface area (Å²) < 4.78 is 31.5. The monoisotopic (exact) mass is 351 g/mol. The predicted molar refractivity (Wildman–Crippen MR) is 84.8 cm³/mol. The normalized spacial score (nSPS) is 11.3. The van der Waals surface area contributed by atoms with Gasteiger partial charge in [0.25, 0.3) is 5.91 Å². The molecule has 1 heterocycles. The molecule has 0 fully saturated rings. The second-order valence-electron chi connectivity index (χ2n) is 4.84. The van der Waals surface area contributed by atoms with E-state index in [9.17, 15) is 13.2 Å². The van der Waals surface area contributed by atoms with Gasteiger partial charge in [-0.25, -0.2) is 13.9 Å². The zero-order valence-corrected chi connectivity index (χ0v) is 13.7. The van der Waals surface area contributed by atoms with Crippen molar-refractivity contribution in [3.05, 3.63) is 54.4 Å². The molecular weight excluding hydrogens is 334 g/mol. The molecular formula is C15H17N3O5S. The molecule has 9 heteroatoms. The maximum Gasteiger partial charge on any atom is 0.258 e. The fourth-order valence-electron chi connectivity index (χ4n) is 2.01. The second-order valence-corrected chi connectivity index (χ2v) is 6.78. The van der Waals surface area contributed by atoms with Crippen molar-refractivity contribution in [2.24, 2.45) is 0 Å². The van der Waals surface area contributed by atoms with Crippen molar-refractivity contribution >= 4 is 15.9 Å². The Morgan fingerprint density at radius 3 is 2.54 bits per heavy atom. The van der Waals surface area contributed by atoms with E-state index in [1.165, 1.54) is 43.1 Å². The van der Waals surface area contributed by atoms with Crippen LogP contribution in [0.3, 0.4) is 0 Å². The van der Waals surface area contributed by atoms with Crippen LogP contribution in [-0.4, -0.2) is 42.5 Å².